The molecule has 5 rings (SSSR count). The van der Waals surface area contributed by atoms with E-state index in [-0.39, 0.29) is 30.1 Å². The van der Waals surface area contributed by atoms with Gasteiger partial charge in [-0.1, -0.05) is 13.0 Å². The van der Waals surface area contributed by atoms with Gasteiger partial charge in [-0.05, 0) is 72.9 Å². The van der Waals surface area contributed by atoms with Gasteiger partial charge in [0.25, 0.3) is 11.8 Å². The van der Waals surface area contributed by atoms with Crippen molar-refractivity contribution in [2.75, 3.05) is 6.54 Å². The van der Waals surface area contributed by atoms with Crippen LogP contribution in [0.5, 0.6) is 0 Å². The molecule has 1 aliphatic rings. The first kappa shape index (κ1) is 25.6. The molecule has 10 heteroatoms. The summed E-state index contributed by atoms with van der Waals surface area (Å²) in [6, 6.07) is 10.9. The summed E-state index contributed by atoms with van der Waals surface area (Å²) in [6.45, 7) is 4.88. The van der Waals surface area contributed by atoms with E-state index in [2.05, 4.69) is 20.8 Å². The Bertz CT molecular complexity index is 1530. The summed E-state index contributed by atoms with van der Waals surface area (Å²) < 4.78 is 13.6. The van der Waals surface area contributed by atoms with Crippen LogP contribution < -0.4 is 10.6 Å². The fourth-order valence-corrected chi connectivity index (χ4v) is 5.69. The molecule has 2 aromatic heterocycles. The van der Waals surface area contributed by atoms with Gasteiger partial charge < -0.3 is 15.5 Å². The van der Waals surface area contributed by atoms with Crippen molar-refractivity contribution in [3.8, 4) is 0 Å². The number of H-pyrrole nitrogens is 1. The third-order valence-electron chi connectivity index (χ3n) is 6.87. The van der Waals surface area contributed by atoms with Gasteiger partial charge in [0.1, 0.15) is 11.9 Å². The van der Waals surface area contributed by atoms with E-state index in [4.69, 9.17) is 0 Å². The number of aromatic nitrogens is 2. The molecule has 3 heterocycles. The number of nitrogens with one attached hydrogen (secondary N) is 3. The standard InChI is InChI=1S/C28H28FN5O3S/c1-3-22(32-26(35)17-5-7-23-19(10-17)14-31-33-23)28(37)34-9-8-24-20(15-34)12-25(38-24)27(36)30-13-18-11-21(29)6-4-16(18)2/h4-7,10-12,14,22H,3,8-9,13,15H2,1-2H3,(H,30,36)(H,31,33)(H,32,35)/t22-/m1/s1. The largest absolute Gasteiger partial charge is 0.347 e. The van der Waals surface area contributed by atoms with Crippen molar-refractivity contribution in [2.24, 2.45) is 0 Å². The molecule has 1 aliphatic heterocycles. The van der Waals surface area contributed by atoms with Gasteiger partial charge in [-0.3, -0.25) is 19.5 Å². The number of hydrogen-bond acceptors (Lipinski definition) is 5. The van der Waals surface area contributed by atoms with Gasteiger partial charge in [-0.15, -0.1) is 11.3 Å². The van der Waals surface area contributed by atoms with E-state index >= 15 is 0 Å². The molecular formula is C28H28FN5O3S. The first-order valence-electron chi connectivity index (χ1n) is 12.5. The minimum Gasteiger partial charge on any atom is -0.347 e. The third kappa shape index (κ3) is 5.31. The highest BCUT2D eigenvalue weighted by Crippen LogP contribution is 2.29. The number of hydrogen-bond donors (Lipinski definition) is 3. The smallest absolute Gasteiger partial charge is 0.261 e. The third-order valence-corrected chi connectivity index (χ3v) is 8.10. The zero-order valence-electron chi connectivity index (χ0n) is 21.1. The lowest BCUT2D eigenvalue weighted by Gasteiger charge is -2.30. The SMILES string of the molecule is CC[C@@H](NC(=O)c1ccc2[nH]ncc2c1)C(=O)N1CCc2sc(C(=O)NCc3cc(F)ccc3C)cc2C1. The predicted octanol–water partition coefficient (Wildman–Crippen LogP) is 4.10. The fraction of sp³-hybridized carbons (Fsp3) is 0.286. The zero-order chi connectivity index (χ0) is 26.8. The molecule has 0 radical (unpaired) electrons. The minimum atomic E-state index is -0.653. The van der Waals surface area contributed by atoms with Crippen LogP contribution in [-0.4, -0.2) is 45.4 Å². The van der Waals surface area contributed by atoms with E-state index in [1.165, 1.54) is 23.5 Å². The Morgan fingerprint density at radius 3 is 2.82 bits per heavy atom. The van der Waals surface area contributed by atoms with Gasteiger partial charge >= 0.3 is 0 Å². The van der Waals surface area contributed by atoms with E-state index < -0.39 is 6.04 Å². The second kappa shape index (κ2) is 10.7. The van der Waals surface area contributed by atoms with E-state index in [1.807, 2.05) is 19.9 Å². The maximum absolute atomic E-state index is 13.6. The monoisotopic (exact) mass is 533 g/mol. The molecule has 4 aromatic rings. The predicted molar refractivity (Wildman–Crippen MR) is 143 cm³/mol. The van der Waals surface area contributed by atoms with E-state index in [1.54, 1.807) is 35.4 Å². The number of benzene rings is 2. The Balaban J connectivity index is 1.21. The number of aromatic amines is 1. The molecule has 0 fully saturated rings. The molecule has 8 nitrogen and oxygen atoms in total. The Hall–Kier alpha value is -4.05. The first-order chi connectivity index (χ1) is 18.3. The Kier molecular flexibility index (Phi) is 7.24. The van der Waals surface area contributed by atoms with Gasteiger partial charge in [-0.2, -0.15) is 5.10 Å². The number of aryl methyl sites for hydroxylation is 1. The van der Waals surface area contributed by atoms with Crippen LogP contribution in [0.3, 0.4) is 0 Å². The van der Waals surface area contributed by atoms with Gasteiger partial charge in [-0.25, -0.2) is 4.39 Å². The summed E-state index contributed by atoms with van der Waals surface area (Å²) >= 11 is 1.42. The van der Waals surface area contributed by atoms with Gasteiger partial charge in [0.05, 0.1) is 16.6 Å². The fourth-order valence-electron chi connectivity index (χ4n) is 4.61. The Labute approximate surface area is 223 Å². The Morgan fingerprint density at radius 1 is 1.16 bits per heavy atom. The van der Waals surface area contributed by atoms with Crippen LogP contribution in [0.4, 0.5) is 4.39 Å². The van der Waals surface area contributed by atoms with Crippen LogP contribution >= 0.6 is 11.3 Å². The highest BCUT2D eigenvalue weighted by Gasteiger charge is 2.29. The van der Waals surface area contributed by atoms with Crippen LogP contribution in [0.15, 0.2) is 48.7 Å². The molecule has 0 aliphatic carbocycles. The number of carbonyl (C=O) groups excluding carboxylic acids is 3. The molecule has 0 bridgehead atoms. The lowest BCUT2D eigenvalue weighted by atomic mass is 10.1. The summed E-state index contributed by atoms with van der Waals surface area (Å²) in [5.41, 5.74) is 3.88. The van der Waals surface area contributed by atoms with Crippen molar-refractivity contribution < 1.29 is 18.8 Å². The zero-order valence-corrected chi connectivity index (χ0v) is 22.0. The second-order valence-electron chi connectivity index (χ2n) is 9.43. The maximum Gasteiger partial charge on any atom is 0.261 e. The molecular weight excluding hydrogens is 505 g/mol. The van der Waals surface area contributed by atoms with Crippen LogP contribution in [0.2, 0.25) is 0 Å². The lowest BCUT2D eigenvalue weighted by molar-refractivity contribution is -0.134. The van der Waals surface area contributed by atoms with Crippen molar-refractivity contribution >= 4 is 40.0 Å². The number of carbonyl (C=O) groups is 3. The average Bonchev–Trinajstić information content (AvgIpc) is 3.57. The maximum atomic E-state index is 13.6. The van der Waals surface area contributed by atoms with Gasteiger partial charge in [0.15, 0.2) is 0 Å². The molecule has 1 atom stereocenters. The lowest BCUT2D eigenvalue weighted by Crippen LogP contribution is -2.49. The second-order valence-corrected chi connectivity index (χ2v) is 10.6. The number of rotatable bonds is 7. The molecule has 196 valence electrons. The quantitative estimate of drug-likeness (QED) is 0.333. The number of nitrogens with zero attached hydrogens (tertiary/aromatic N) is 2. The summed E-state index contributed by atoms with van der Waals surface area (Å²) in [5, 5.41) is 13.4. The highest BCUT2D eigenvalue weighted by molar-refractivity contribution is 7.14. The molecule has 3 N–H and O–H groups in total. The molecule has 38 heavy (non-hydrogen) atoms. The summed E-state index contributed by atoms with van der Waals surface area (Å²) in [5.74, 6) is -1.01. The van der Waals surface area contributed by atoms with E-state index in [0.717, 1.165) is 32.5 Å². The van der Waals surface area contributed by atoms with Crippen LogP contribution in [0.1, 0.15) is 54.9 Å². The summed E-state index contributed by atoms with van der Waals surface area (Å²) in [7, 11) is 0. The number of fused-ring (bicyclic) bond motifs is 2. The van der Waals surface area contributed by atoms with Crippen LogP contribution in [0, 0.1) is 12.7 Å². The molecule has 3 amide bonds. The topological polar surface area (TPSA) is 107 Å². The first-order valence-corrected chi connectivity index (χ1v) is 13.3. The molecule has 0 saturated carbocycles. The van der Waals surface area contributed by atoms with Crippen molar-refractivity contribution in [3.63, 3.8) is 0 Å². The van der Waals surface area contributed by atoms with E-state index in [0.29, 0.717) is 36.4 Å². The van der Waals surface area contributed by atoms with Crippen molar-refractivity contribution in [1.29, 1.82) is 0 Å². The van der Waals surface area contributed by atoms with Gasteiger partial charge in [0, 0.05) is 35.5 Å². The van der Waals surface area contributed by atoms with E-state index in [9.17, 15) is 18.8 Å². The highest BCUT2D eigenvalue weighted by atomic mass is 32.1. The Morgan fingerprint density at radius 2 is 2.00 bits per heavy atom. The summed E-state index contributed by atoms with van der Waals surface area (Å²) in [4.78, 5) is 42.4. The summed E-state index contributed by atoms with van der Waals surface area (Å²) in [6.07, 6.45) is 2.75. The number of amides is 3. The number of thiophene rings is 1. The average molecular weight is 534 g/mol. The minimum absolute atomic E-state index is 0.144. The van der Waals surface area contributed by atoms with Crippen LogP contribution in [-0.2, 0) is 24.3 Å². The van der Waals surface area contributed by atoms with Crippen molar-refractivity contribution in [2.45, 2.75) is 45.8 Å². The number of halogens is 1. The molecule has 2 aromatic carbocycles. The van der Waals surface area contributed by atoms with Gasteiger partial charge in [0.2, 0.25) is 5.91 Å². The van der Waals surface area contributed by atoms with Crippen molar-refractivity contribution in [3.05, 3.63) is 86.5 Å². The molecule has 0 spiro atoms. The van der Waals surface area contributed by atoms with Crippen molar-refractivity contribution in [1.82, 2.24) is 25.7 Å². The molecule has 0 unspecified atom stereocenters. The molecule has 0 saturated heterocycles. The van der Waals surface area contributed by atoms with Crippen LogP contribution in [0.25, 0.3) is 10.9 Å². The normalized spacial score (nSPS) is 13.7.